The van der Waals surface area contributed by atoms with Gasteiger partial charge in [-0.1, -0.05) is 0 Å². The van der Waals surface area contributed by atoms with Gasteiger partial charge in [-0.25, -0.2) is 0 Å². The maximum atomic E-state index is 12.2. The molecule has 0 unspecified atom stereocenters. The average Bonchev–Trinajstić information content (AvgIpc) is 2.88. The number of hydrogen-bond acceptors (Lipinski definition) is 6. The van der Waals surface area contributed by atoms with E-state index in [0.29, 0.717) is 25.5 Å². The number of nitrogen functional groups attached to an aromatic ring is 1. The van der Waals surface area contributed by atoms with E-state index in [4.69, 9.17) is 5.73 Å². The topological polar surface area (TPSA) is 93.2 Å². The van der Waals surface area contributed by atoms with Gasteiger partial charge in [-0.2, -0.15) is 10.2 Å². The summed E-state index contributed by atoms with van der Waals surface area (Å²) >= 11 is 0. The molecule has 8 heteroatoms. The fraction of sp³-hybridized carbons (Fsp3) is 0.385. The van der Waals surface area contributed by atoms with E-state index in [-0.39, 0.29) is 5.91 Å². The molecule has 0 aliphatic carbocycles. The highest BCUT2D eigenvalue weighted by molar-refractivity contribution is 5.95. The molecule has 1 fully saturated rings. The Morgan fingerprint density at radius 1 is 1.29 bits per heavy atom. The maximum Gasteiger partial charge on any atom is 0.241 e. The lowest BCUT2D eigenvalue weighted by Crippen LogP contribution is -2.50. The second kappa shape index (κ2) is 5.49. The van der Waals surface area contributed by atoms with Crippen molar-refractivity contribution >= 4 is 17.4 Å². The van der Waals surface area contributed by atoms with E-state index in [0.717, 1.165) is 17.9 Å². The second-order valence-electron chi connectivity index (χ2n) is 5.08. The summed E-state index contributed by atoms with van der Waals surface area (Å²) in [6, 6.07) is 3.55. The molecule has 3 heterocycles. The number of piperazine rings is 1. The van der Waals surface area contributed by atoms with Crippen LogP contribution in [0.2, 0.25) is 0 Å². The second-order valence-corrected chi connectivity index (χ2v) is 5.08. The number of amides is 1. The summed E-state index contributed by atoms with van der Waals surface area (Å²) in [4.78, 5) is 16.1. The Morgan fingerprint density at radius 2 is 2.14 bits per heavy atom. The predicted octanol–water partition coefficient (Wildman–Crippen LogP) is -0.359. The monoisotopic (exact) mass is 287 g/mol. The summed E-state index contributed by atoms with van der Waals surface area (Å²) in [6.07, 6.45) is 3.55. The van der Waals surface area contributed by atoms with Gasteiger partial charge in [-0.05, 0) is 12.1 Å². The van der Waals surface area contributed by atoms with Crippen molar-refractivity contribution in [3.63, 3.8) is 0 Å². The van der Waals surface area contributed by atoms with Crippen LogP contribution in [0.25, 0.3) is 0 Å². The number of aromatic nitrogens is 4. The normalized spacial score (nSPS) is 16.4. The lowest BCUT2D eigenvalue weighted by Gasteiger charge is -2.33. The van der Waals surface area contributed by atoms with Crippen LogP contribution < -0.4 is 10.6 Å². The van der Waals surface area contributed by atoms with Crippen LogP contribution in [-0.4, -0.2) is 50.4 Å². The van der Waals surface area contributed by atoms with E-state index in [2.05, 4.69) is 20.2 Å². The van der Waals surface area contributed by atoms with Crippen LogP contribution in [0.5, 0.6) is 0 Å². The van der Waals surface area contributed by atoms with Crippen molar-refractivity contribution in [1.82, 2.24) is 24.9 Å². The summed E-state index contributed by atoms with van der Waals surface area (Å²) in [6.45, 7) is 2.39. The summed E-state index contributed by atoms with van der Waals surface area (Å²) in [5.41, 5.74) is 7.16. The van der Waals surface area contributed by atoms with Crippen molar-refractivity contribution in [3.8, 4) is 0 Å². The molecule has 3 rings (SSSR count). The largest absolute Gasteiger partial charge is 0.382 e. The molecule has 1 aliphatic heterocycles. The molecular weight excluding hydrogens is 270 g/mol. The van der Waals surface area contributed by atoms with Crippen molar-refractivity contribution in [1.29, 1.82) is 0 Å². The first-order chi connectivity index (χ1) is 10.1. The SMILES string of the molecule is Cn1cc(N2CCN(Cc3ccc(N)nn3)CC2=O)cn1. The minimum atomic E-state index is 0.0673. The molecule has 8 nitrogen and oxygen atoms in total. The molecule has 0 aromatic carbocycles. The van der Waals surface area contributed by atoms with E-state index < -0.39 is 0 Å². The summed E-state index contributed by atoms with van der Waals surface area (Å²) < 4.78 is 1.69. The van der Waals surface area contributed by atoms with Crippen molar-refractivity contribution in [2.75, 3.05) is 30.3 Å². The Balaban J connectivity index is 1.63. The zero-order chi connectivity index (χ0) is 14.8. The lowest BCUT2D eigenvalue weighted by atomic mass is 10.2. The van der Waals surface area contributed by atoms with Gasteiger partial charge in [0.25, 0.3) is 0 Å². The molecule has 21 heavy (non-hydrogen) atoms. The molecule has 0 saturated carbocycles. The molecule has 2 N–H and O–H groups in total. The van der Waals surface area contributed by atoms with Crippen molar-refractivity contribution in [2.24, 2.45) is 7.05 Å². The van der Waals surface area contributed by atoms with Gasteiger partial charge in [0.1, 0.15) is 5.82 Å². The molecular formula is C13H17N7O. The number of carbonyl (C=O) groups excluding carboxylic acids is 1. The van der Waals surface area contributed by atoms with Crippen LogP contribution in [0.3, 0.4) is 0 Å². The third-order valence-electron chi connectivity index (χ3n) is 3.43. The Kier molecular flexibility index (Phi) is 3.53. The number of anilines is 2. The number of nitrogens with two attached hydrogens (primary N) is 1. The van der Waals surface area contributed by atoms with Crippen LogP contribution in [0.15, 0.2) is 24.5 Å². The third kappa shape index (κ3) is 3.00. The van der Waals surface area contributed by atoms with Gasteiger partial charge in [0, 0.05) is 32.9 Å². The first-order valence-electron chi connectivity index (χ1n) is 6.71. The minimum absolute atomic E-state index is 0.0673. The summed E-state index contributed by atoms with van der Waals surface area (Å²) in [5, 5.41) is 11.9. The Bertz CT molecular complexity index is 636. The van der Waals surface area contributed by atoms with Crippen LogP contribution in [0.1, 0.15) is 5.69 Å². The zero-order valence-electron chi connectivity index (χ0n) is 11.8. The van der Waals surface area contributed by atoms with Gasteiger partial charge in [-0.15, -0.1) is 5.10 Å². The van der Waals surface area contributed by atoms with E-state index in [9.17, 15) is 4.79 Å². The van der Waals surface area contributed by atoms with E-state index >= 15 is 0 Å². The summed E-state index contributed by atoms with van der Waals surface area (Å²) in [7, 11) is 1.84. The van der Waals surface area contributed by atoms with Gasteiger partial charge >= 0.3 is 0 Å². The lowest BCUT2D eigenvalue weighted by molar-refractivity contribution is -0.121. The highest BCUT2D eigenvalue weighted by Gasteiger charge is 2.26. The highest BCUT2D eigenvalue weighted by Crippen LogP contribution is 2.16. The van der Waals surface area contributed by atoms with Crippen LogP contribution in [0.4, 0.5) is 11.5 Å². The Hall–Kier alpha value is -2.48. The maximum absolute atomic E-state index is 12.2. The first kappa shape index (κ1) is 13.5. The Labute approximate surface area is 122 Å². The van der Waals surface area contributed by atoms with Gasteiger partial charge in [0.15, 0.2) is 0 Å². The molecule has 110 valence electrons. The van der Waals surface area contributed by atoms with Gasteiger partial charge in [0.05, 0.1) is 24.1 Å². The fourth-order valence-corrected chi connectivity index (χ4v) is 2.36. The zero-order valence-corrected chi connectivity index (χ0v) is 11.8. The van der Waals surface area contributed by atoms with Gasteiger partial charge in [-0.3, -0.25) is 14.4 Å². The molecule has 1 amide bonds. The Morgan fingerprint density at radius 3 is 2.76 bits per heavy atom. The number of hydrogen-bond donors (Lipinski definition) is 1. The average molecular weight is 287 g/mol. The van der Waals surface area contributed by atoms with Gasteiger partial charge in [0.2, 0.25) is 5.91 Å². The number of nitrogens with zero attached hydrogens (tertiary/aromatic N) is 6. The molecule has 2 aromatic rings. The molecule has 0 radical (unpaired) electrons. The van der Waals surface area contributed by atoms with Crippen molar-refractivity contribution < 1.29 is 4.79 Å². The van der Waals surface area contributed by atoms with E-state index in [1.807, 2.05) is 19.3 Å². The minimum Gasteiger partial charge on any atom is -0.382 e. The number of carbonyl (C=O) groups is 1. The van der Waals surface area contributed by atoms with Crippen LogP contribution in [-0.2, 0) is 18.4 Å². The molecule has 0 spiro atoms. The molecule has 1 aliphatic rings. The smallest absolute Gasteiger partial charge is 0.241 e. The number of rotatable bonds is 3. The molecule has 0 atom stereocenters. The van der Waals surface area contributed by atoms with Crippen molar-refractivity contribution in [3.05, 3.63) is 30.2 Å². The third-order valence-corrected chi connectivity index (χ3v) is 3.43. The summed E-state index contributed by atoms with van der Waals surface area (Å²) in [5.74, 6) is 0.467. The molecule has 2 aromatic heterocycles. The standard InChI is InChI=1S/C13H17N7O/c1-18-8-11(6-15-18)20-5-4-19(9-13(20)21)7-10-2-3-12(14)17-16-10/h2-3,6,8H,4-5,7,9H2,1H3,(H2,14,17). The van der Waals surface area contributed by atoms with Crippen molar-refractivity contribution in [2.45, 2.75) is 6.54 Å². The van der Waals surface area contributed by atoms with Crippen LogP contribution >= 0.6 is 0 Å². The number of aryl methyl sites for hydroxylation is 1. The molecule has 1 saturated heterocycles. The molecule has 0 bridgehead atoms. The predicted molar refractivity (Wildman–Crippen MR) is 77.3 cm³/mol. The van der Waals surface area contributed by atoms with E-state index in [1.54, 1.807) is 21.8 Å². The quantitative estimate of drug-likeness (QED) is 0.828. The highest BCUT2D eigenvalue weighted by atomic mass is 16.2. The van der Waals surface area contributed by atoms with Gasteiger partial charge < -0.3 is 10.6 Å². The first-order valence-corrected chi connectivity index (χ1v) is 6.71. The fourth-order valence-electron chi connectivity index (χ4n) is 2.36. The van der Waals surface area contributed by atoms with E-state index in [1.165, 1.54) is 0 Å². The van der Waals surface area contributed by atoms with Crippen LogP contribution in [0, 0.1) is 0 Å².